The first-order valence-electron chi connectivity index (χ1n) is 11.1. The summed E-state index contributed by atoms with van der Waals surface area (Å²) in [6, 6.07) is 9.43. The Morgan fingerprint density at radius 3 is 2.46 bits per heavy atom. The van der Waals surface area contributed by atoms with Crippen LogP contribution in [-0.2, 0) is 26.1 Å². The Balaban J connectivity index is 1.48. The Labute approximate surface area is 205 Å². The SMILES string of the molecule is COC(=O)CCn1c(=NC(=O)c2ccc(S(=O)(=O)N3CCCC3)cc2)sc2cc3c(cc21)OCO3. The van der Waals surface area contributed by atoms with Crippen LogP contribution in [0.4, 0.5) is 0 Å². The van der Waals surface area contributed by atoms with Crippen molar-refractivity contribution in [1.82, 2.24) is 8.87 Å². The lowest BCUT2D eigenvalue weighted by Gasteiger charge is -2.15. The van der Waals surface area contributed by atoms with Crippen molar-refractivity contribution in [1.29, 1.82) is 0 Å². The molecule has 0 radical (unpaired) electrons. The van der Waals surface area contributed by atoms with E-state index < -0.39 is 15.9 Å². The highest BCUT2D eigenvalue weighted by atomic mass is 32.2. The number of nitrogens with zero attached hydrogens (tertiary/aromatic N) is 3. The number of thiazole rings is 1. The van der Waals surface area contributed by atoms with Crippen LogP contribution in [0, 0.1) is 0 Å². The van der Waals surface area contributed by atoms with E-state index in [-0.39, 0.29) is 36.2 Å². The number of aromatic nitrogens is 1. The van der Waals surface area contributed by atoms with E-state index in [1.807, 2.05) is 6.07 Å². The molecule has 2 aliphatic rings. The van der Waals surface area contributed by atoms with Crippen molar-refractivity contribution >= 4 is 43.5 Å². The molecule has 0 atom stereocenters. The topological polar surface area (TPSA) is 117 Å². The summed E-state index contributed by atoms with van der Waals surface area (Å²) in [5, 5.41) is 0. The highest BCUT2D eigenvalue weighted by Crippen LogP contribution is 2.37. The van der Waals surface area contributed by atoms with E-state index in [0.29, 0.717) is 29.4 Å². The minimum atomic E-state index is -3.57. The maximum atomic E-state index is 13.0. The van der Waals surface area contributed by atoms with Gasteiger partial charge in [0.05, 0.1) is 28.6 Å². The van der Waals surface area contributed by atoms with Gasteiger partial charge in [-0.15, -0.1) is 0 Å². The van der Waals surface area contributed by atoms with Gasteiger partial charge in [-0.25, -0.2) is 8.42 Å². The standard InChI is InChI=1S/C23H23N3O7S2/c1-31-21(27)8-11-26-17-12-18-19(33-14-32-18)13-20(17)34-23(26)24-22(28)15-4-6-16(7-5-15)35(29,30)25-9-2-3-10-25/h4-7,12-13H,2-3,8-11,14H2,1H3. The average Bonchev–Trinajstić information content (AvgIpc) is 3.61. The Hall–Kier alpha value is -3.22. The maximum Gasteiger partial charge on any atom is 0.307 e. The lowest BCUT2D eigenvalue weighted by atomic mass is 10.2. The van der Waals surface area contributed by atoms with Crippen molar-refractivity contribution < 1.29 is 32.2 Å². The number of carbonyl (C=O) groups excluding carboxylic acids is 2. The van der Waals surface area contributed by atoms with Crippen molar-refractivity contribution in [2.75, 3.05) is 27.0 Å². The third kappa shape index (κ3) is 4.56. The molecular weight excluding hydrogens is 494 g/mol. The zero-order valence-electron chi connectivity index (χ0n) is 18.9. The van der Waals surface area contributed by atoms with Gasteiger partial charge in [-0.2, -0.15) is 9.30 Å². The molecule has 3 heterocycles. The molecule has 10 nitrogen and oxygen atoms in total. The molecule has 0 unspecified atom stereocenters. The van der Waals surface area contributed by atoms with Gasteiger partial charge in [0.25, 0.3) is 5.91 Å². The minimum absolute atomic E-state index is 0.0984. The van der Waals surface area contributed by atoms with E-state index in [4.69, 9.17) is 14.2 Å². The molecule has 12 heteroatoms. The molecule has 3 aromatic rings. The molecule has 0 bridgehead atoms. The zero-order chi connectivity index (χ0) is 24.6. The largest absolute Gasteiger partial charge is 0.469 e. The van der Waals surface area contributed by atoms with Gasteiger partial charge < -0.3 is 18.8 Å². The molecule has 0 spiro atoms. The van der Waals surface area contributed by atoms with Crippen molar-refractivity contribution in [2.45, 2.75) is 30.7 Å². The summed E-state index contributed by atoms with van der Waals surface area (Å²) in [4.78, 5) is 29.6. The number of esters is 1. The van der Waals surface area contributed by atoms with Gasteiger partial charge in [0.2, 0.25) is 16.8 Å². The van der Waals surface area contributed by atoms with Gasteiger partial charge >= 0.3 is 5.97 Å². The third-order valence-corrected chi connectivity index (χ3v) is 8.90. The molecule has 2 aliphatic heterocycles. The molecule has 5 rings (SSSR count). The molecule has 1 amide bonds. The van der Waals surface area contributed by atoms with Crippen molar-refractivity contribution in [3.05, 3.63) is 46.8 Å². The summed E-state index contributed by atoms with van der Waals surface area (Å²) in [6.45, 7) is 1.41. The van der Waals surface area contributed by atoms with Crippen LogP contribution in [0.25, 0.3) is 10.2 Å². The first-order chi connectivity index (χ1) is 16.9. The van der Waals surface area contributed by atoms with E-state index in [1.165, 1.54) is 47.0 Å². The second-order valence-electron chi connectivity index (χ2n) is 8.09. The minimum Gasteiger partial charge on any atom is -0.469 e. The zero-order valence-corrected chi connectivity index (χ0v) is 20.6. The van der Waals surface area contributed by atoms with Crippen molar-refractivity contribution in [2.24, 2.45) is 4.99 Å². The van der Waals surface area contributed by atoms with E-state index >= 15 is 0 Å². The van der Waals surface area contributed by atoms with Crippen LogP contribution >= 0.6 is 11.3 Å². The van der Waals surface area contributed by atoms with Crippen LogP contribution in [0.5, 0.6) is 11.5 Å². The van der Waals surface area contributed by atoms with Gasteiger partial charge in [-0.05, 0) is 37.1 Å². The molecule has 2 aromatic carbocycles. The van der Waals surface area contributed by atoms with Gasteiger partial charge in [-0.3, -0.25) is 9.59 Å². The van der Waals surface area contributed by atoms with E-state index in [1.54, 1.807) is 10.6 Å². The lowest BCUT2D eigenvalue weighted by molar-refractivity contribution is -0.140. The van der Waals surface area contributed by atoms with E-state index in [9.17, 15) is 18.0 Å². The summed E-state index contributed by atoms with van der Waals surface area (Å²) in [5.74, 6) is 0.277. The Kier molecular flexibility index (Phi) is 6.34. The number of methoxy groups -OCH3 is 1. The predicted molar refractivity (Wildman–Crippen MR) is 127 cm³/mol. The van der Waals surface area contributed by atoms with Crippen LogP contribution in [0.2, 0.25) is 0 Å². The van der Waals surface area contributed by atoms with Crippen LogP contribution in [0.1, 0.15) is 29.6 Å². The van der Waals surface area contributed by atoms with Crippen LogP contribution in [0.3, 0.4) is 0 Å². The summed E-state index contributed by atoms with van der Waals surface area (Å²) in [5.41, 5.74) is 1.01. The summed E-state index contributed by atoms with van der Waals surface area (Å²) >= 11 is 1.28. The van der Waals surface area contributed by atoms with Crippen molar-refractivity contribution in [3.63, 3.8) is 0 Å². The first-order valence-corrected chi connectivity index (χ1v) is 13.3. The van der Waals surface area contributed by atoms with Gasteiger partial charge in [-0.1, -0.05) is 11.3 Å². The molecule has 1 aromatic heterocycles. The smallest absolute Gasteiger partial charge is 0.307 e. The fourth-order valence-electron chi connectivity index (χ4n) is 4.06. The number of hydrogen-bond acceptors (Lipinski definition) is 8. The summed E-state index contributed by atoms with van der Waals surface area (Å²) < 4.78 is 45.2. The first kappa shape index (κ1) is 23.5. The summed E-state index contributed by atoms with van der Waals surface area (Å²) in [6.07, 6.45) is 1.79. The van der Waals surface area contributed by atoms with E-state index in [2.05, 4.69) is 4.99 Å². The molecule has 35 heavy (non-hydrogen) atoms. The molecule has 1 saturated heterocycles. The number of fused-ring (bicyclic) bond motifs is 2. The predicted octanol–water partition coefficient (Wildman–Crippen LogP) is 2.52. The highest BCUT2D eigenvalue weighted by Gasteiger charge is 2.27. The van der Waals surface area contributed by atoms with Crippen LogP contribution in [0.15, 0.2) is 46.3 Å². The molecule has 0 aliphatic carbocycles. The summed E-state index contributed by atoms with van der Waals surface area (Å²) in [7, 11) is -2.25. The number of ether oxygens (including phenoxy) is 3. The third-order valence-electron chi connectivity index (χ3n) is 5.95. The fourth-order valence-corrected chi connectivity index (χ4v) is 6.65. The second-order valence-corrected chi connectivity index (χ2v) is 11.0. The number of rotatable bonds is 6. The Morgan fingerprint density at radius 1 is 1.09 bits per heavy atom. The Bertz CT molecular complexity index is 1470. The lowest BCUT2D eigenvalue weighted by Crippen LogP contribution is -2.27. The number of carbonyl (C=O) groups is 2. The normalized spacial score (nSPS) is 16.2. The molecule has 184 valence electrons. The molecule has 0 saturated carbocycles. The number of benzene rings is 2. The van der Waals surface area contributed by atoms with Gasteiger partial charge in [0.15, 0.2) is 16.3 Å². The fraction of sp³-hybridized carbons (Fsp3) is 0.348. The highest BCUT2D eigenvalue weighted by molar-refractivity contribution is 7.89. The van der Waals surface area contributed by atoms with E-state index in [0.717, 1.165) is 23.1 Å². The number of sulfonamides is 1. The van der Waals surface area contributed by atoms with Gasteiger partial charge in [0, 0.05) is 37.3 Å². The quantitative estimate of drug-likeness (QED) is 0.461. The average molecular weight is 518 g/mol. The van der Waals surface area contributed by atoms with Gasteiger partial charge in [0.1, 0.15) is 0 Å². The molecule has 0 N–H and O–H groups in total. The Morgan fingerprint density at radius 2 is 1.77 bits per heavy atom. The van der Waals surface area contributed by atoms with Crippen molar-refractivity contribution in [3.8, 4) is 11.5 Å². The maximum absolute atomic E-state index is 13.0. The monoisotopic (exact) mass is 517 g/mol. The second kappa shape index (κ2) is 9.44. The number of hydrogen-bond donors (Lipinski definition) is 0. The van der Waals surface area contributed by atoms with Crippen LogP contribution in [-0.4, -0.2) is 56.2 Å². The molecule has 1 fully saturated rings. The number of aryl methyl sites for hydroxylation is 1. The molecular formula is C23H23N3O7S2. The number of amides is 1. The van der Waals surface area contributed by atoms with Crippen LogP contribution < -0.4 is 14.3 Å².